The molecule has 0 fully saturated rings. The molecule has 3 aromatic rings. The molecule has 0 aliphatic rings. The third kappa shape index (κ3) is 6.90. The molecule has 0 aliphatic carbocycles. The van der Waals surface area contributed by atoms with Crippen molar-refractivity contribution in [1.29, 1.82) is 0 Å². The van der Waals surface area contributed by atoms with Gasteiger partial charge in [0.05, 0.1) is 24.8 Å². The number of imidazole rings is 1. The average Bonchev–Trinajstić information content (AvgIpc) is 3.23. The molecular formula is C27H36N4O3. The van der Waals surface area contributed by atoms with E-state index in [1.807, 2.05) is 37.3 Å². The highest BCUT2D eigenvalue weighted by molar-refractivity contribution is 5.93. The zero-order chi connectivity index (χ0) is 24.5. The molecular weight excluding hydrogens is 428 g/mol. The fraction of sp³-hybridized carbons (Fsp3) is 0.444. The van der Waals surface area contributed by atoms with Crippen molar-refractivity contribution in [3.05, 3.63) is 71.7 Å². The van der Waals surface area contributed by atoms with Crippen molar-refractivity contribution in [3.63, 3.8) is 0 Å². The van der Waals surface area contributed by atoms with Crippen LogP contribution in [0.4, 0.5) is 0 Å². The van der Waals surface area contributed by atoms with Crippen molar-refractivity contribution in [2.75, 3.05) is 20.3 Å². The van der Waals surface area contributed by atoms with Gasteiger partial charge >= 0.3 is 0 Å². The second-order valence-electron chi connectivity index (χ2n) is 9.12. The quantitative estimate of drug-likeness (QED) is 0.425. The number of amides is 2. The molecule has 1 aromatic carbocycles. The van der Waals surface area contributed by atoms with Crippen molar-refractivity contribution in [2.24, 2.45) is 5.92 Å². The van der Waals surface area contributed by atoms with Crippen LogP contribution in [-0.4, -0.2) is 47.5 Å². The topological polar surface area (TPSA) is 84.7 Å². The number of benzene rings is 1. The maximum absolute atomic E-state index is 13.1. The highest BCUT2D eigenvalue weighted by Gasteiger charge is 2.18. The summed E-state index contributed by atoms with van der Waals surface area (Å²) in [5, 5.41) is 6.08. The summed E-state index contributed by atoms with van der Waals surface area (Å²) in [6.45, 7) is 7.42. The number of carbonyl (C=O) groups excluding carboxylic acids is 2. The van der Waals surface area contributed by atoms with E-state index in [1.54, 1.807) is 23.8 Å². The van der Waals surface area contributed by atoms with Gasteiger partial charge in [-0.05, 0) is 36.5 Å². The van der Waals surface area contributed by atoms with E-state index < -0.39 is 0 Å². The molecule has 2 N–H and O–H groups in total. The first-order valence-electron chi connectivity index (χ1n) is 12.0. The van der Waals surface area contributed by atoms with Crippen molar-refractivity contribution < 1.29 is 14.3 Å². The normalized spacial score (nSPS) is 13.1. The van der Waals surface area contributed by atoms with Crippen LogP contribution in [0.2, 0.25) is 0 Å². The van der Waals surface area contributed by atoms with Gasteiger partial charge in [-0.1, -0.05) is 57.2 Å². The van der Waals surface area contributed by atoms with Crippen molar-refractivity contribution in [1.82, 2.24) is 20.0 Å². The number of pyridine rings is 1. The SMILES string of the molecule is CCC(COC)NC(=O)Cc1cn2c(C(=O)NCC(CC(C)C)c3ccccc3)cccc2n1. The Labute approximate surface area is 201 Å². The van der Waals surface area contributed by atoms with E-state index in [0.717, 1.165) is 12.8 Å². The molecule has 34 heavy (non-hydrogen) atoms. The second-order valence-corrected chi connectivity index (χ2v) is 9.12. The van der Waals surface area contributed by atoms with Crippen molar-refractivity contribution in [3.8, 4) is 0 Å². The summed E-state index contributed by atoms with van der Waals surface area (Å²) in [6, 6.07) is 15.7. The molecule has 2 amide bonds. The summed E-state index contributed by atoms with van der Waals surface area (Å²) in [6.07, 6.45) is 3.69. The summed E-state index contributed by atoms with van der Waals surface area (Å²) in [5.74, 6) is 0.488. The smallest absolute Gasteiger partial charge is 0.268 e. The number of ether oxygens (including phenoxy) is 1. The maximum Gasteiger partial charge on any atom is 0.268 e. The molecule has 0 saturated carbocycles. The standard InChI is InChI=1S/C27H36N4O3/c1-5-22(18-34-4)30-26(32)15-23-17-31-24(12-9-13-25(31)29-23)27(33)28-16-21(14-19(2)3)20-10-7-6-8-11-20/h6-13,17,19,21-22H,5,14-16,18H2,1-4H3,(H,28,33)(H,30,32). The van der Waals surface area contributed by atoms with Crippen LogP contribution < -0.4 is 10.6 Å². The van der Waals surface area contributed by atoms with Crippen LogP contribution in [0, 0.1) is 5.92 Å². The maximum atomic E-state index is 13.1. The summed E-state index contributed by atoms with van der Waals surface area (Å²) < 4.78 is 6.90. The Morgan fingerprint density at radius 2 is 1.85 bits per heavy atom. The highest BCUT2D eigenvalue weighted by Crippen LogP contribution is 2.23. The van der Waals surface area contributed by atoms with Crippen molar-refractivity contribution >= 4 is 17.5 Å². The second kappa shape index (κ2) is 12.3. The first kappa shape index (κ1) is 25.4. The Morgan fingerprint density at radius 3 is 2.53 bits per heavy atom. The van der Waals surface area contributed by atoms with Gasteiger partial charge in [0, 0.05) is 25.8 Å². The van der Waals surface area contributed by atoms with E-state index in [1.165, 1.54) is 5.56 Å². The largest absolute Gasteiger partial charge is 0.383 e. The number of carbonyl (C=O) groups is 2. The van der Waals surface area contributed by atoms with Crippen LogP contribution in [-0.2, 0) is 16.0 Å². The Kier molecular flexibility index (Phi) is 9.22. The average molecular weight is 465 g/mol. The van der Waals surface area contributed by atoms with Gasteiger partial charge < -0.3 is 15.4 Å². The minimum absolute atomic E-state index is 0.0285. The number of aromatic nitrogens is 2. The molecule has 0 radical (unpaired) electrons. The molecule has 0 bridgehead atoms. The van der Waals surface area contributed by atoms with E-state index in [0.29, 0.717) is 36.1 Å². The van der Waals surface area contributed by atoms with Gasteiger partial charge in [-0.15, -0.1) is 0 Å². The summed E-state index contributed by atoms with van der Waals surface area (Å²) in [4.78, 5) is 30.1. The van der Waals surface area contributed by atoms with Gasteiger partial charge in [-0.2, -0.15) is 0 Å². The summed E-state index contributed by atoms with van der Waals surface area (Å²) in [7, 11) is 1.62. The monoisotopic (exact) mass is 464 g/mol. The van der Waals surface area contributed by atoms with Crippen LogP contribution in [0.15, 0.2) is 54.7 Å². The molecule has 2 unspecified atom stereocenters. The fourth-order valence-electron chi connectivity index (χ4n) is 4.18. The number of hydrogen-bond acceptors (Lipinski definition) is 4. The minimum Gasteiger partial charge on any atom is -0.383 e. The van der Waals surface area contributed by atoms with Crippen LogP contribution >= 0.6 is 0 Å². The van der Waals surface area contributed by atoms with Gasteiger partial charge in [0.2, 0.25) is 5.91 Å². The summed E-state index contributed by atoms with van der Waals surface area (Å²) in [5.41, 5.74) is 2.98. The lowest BCUT2D eigenvalue weighted by molar-refractivity contribution is -0.121. The van der Waals surface area contributed by atoms with E-state index in [9.17, 15) is 9.59 Å². The Hall–Kier alpha value is -3.19. The van der Waals surface area contributed by atoms with Crippen LogP contribution in [0.25, 0.3) is 5.65 Å². The Morgan fingerprint density at radius 1 is 1.09 bits per heavy atom. The predicted molar refractivity (Wildman–Crippen MR) is 134 cm³/mol. The Balaban J connectivity index is 1.71. The number of rotatable bonds is 12. The third-order valence-electron chi connectivity index (χ3n) is 5.88. The van der Waals surface area contributed by atoms with Crippen molar-refractivity contribution in [2.45, 2.75) is 52.0 Å². The third-order valence-corrected chi connectivity index (χ3v) is 5.88. The first-order valence-corrected chi connectivity index (χ1v) is 12.0. The van der Waals surface area contributed by atoms with Crippen LogP contribution in [0.3, 0.4) is 0 Å². The molecule has 2 atom stereocenters. The molecule has 0 spiro atoms. The first-order chi connectivity index (χ1) is 16.4. The lowest BCUT2D eigenvalue weighted by Crippen LogP contribution is -2.38. The van der Waals surface area contributed by atoms with Gasteiger partial charge in [0.25, 0.3) is 5.91 Å². The number of nitrogens with zero attached hydrogens (tertiary/aromatic N) is 2. The number of fused-ring (bicyclic) bond motifs is 1. The highest BCUT2D eigenvalue weighted by atomic mass is 16.5. The number of nitrogens with one attached hydrogen (secondary N) is 2. The fourth-order valence-corrected chi connectivity index (χ4v) is 4.18. The van der Waals surface area contributed by atoms with E-state index >= 15 is 0 Å². The molecule has 0 aliphatic heterocycles. The van der Waals surface area contributed by atoms with E-state index in [4.69, 9.17) is 4.74 Å². The molecule has 0 saturated heterocycles. The van der Waals surface area contributed by atoms with Gasteiger partial charge in [0.1, 0.15) is 11.3 Å². The number of methoxy groups -OCH3 is 1. The lowest BCUT2D eigenvalue weighted by Gasteiger charge is -2.20. The predicted octanol–water partition coefficient (Wildman–Crippen LogP) is 3.98. The van der Waals surface area contributed by atoms with Crippen LogP contribution in [0.1, 0.15) is 61.3 Å². The number of hydrogen-bond donors (Lipinski definition) is 2. The van der Waals surface area contributed by atoms with Gasteiger partial charge in [-0.3, -0.25) is 14.0 Å². The van der Waals surface area contributed by atoms with E-state index in [2.05, 4.69) is 41.6 Å². The molecule has 7 heteroatoms. The van der Waals surface area contributed by atoms with Crippen LogP contribution in [0.5, 0.6) is 0 Å². The van der Waals surface area contributed by atoms with E-state index in [-0.39, 0.29) is 30.2 Å². The molecule has 2 aromatic heterocycles. The van der Waals surface area contributed by atoms with Gasteiger partial charge in [0.15, 0.2) is 0 Å². The molecule has 182 valence electrons. The molecule has 7 nitrogen and oxygen atoms in total. The molecule has 3 rings (SSSR count). The zero-order valence-corrected chi connectivity index (χ0v) is 20.6. The lowest BCUT2D eigenvalue weighted by atomic mass is 9.90. The zero-order valence-electron chi connectivity index (χ0n) is 20.6. The van der Waals surface area contributed by atoms with Gasteiger partial charge in [-0.25, -0.2) is 4.98 Å². The Bertz CT molecular complexity index is 1080. The molecule has 2 heterocycles. The summed E-state index contributed by atoms with van der Waals surface area (Å²) >= 11 is 0. The minimum atomic E-state index is -0.158.